The molecule has 12 heteroatoms. The van der Waals surface area contributed by atoms with Crippen LogP contribution in [0.3, 0.4) is 0 Å². The fourth-order valence-corrected chi connectivity index (χ4v) is 3.93. The SMILES string of the molecule is CS(=O)(=O)c1ccc(Oc2cc3[nH]c(-c4cnccn4)nc3cc2Oc2ccccc2C(N)=O)cn1. The lowest BCUT2D eigenvalue weighted by molar-refractivity contribution is 0.0998. The van der Waals surface area contributed by atoms with Gasteiger partial charge in [0, 0.05) is 30.8 Å². The number of fused-ring (bicyclic) bond motifs is 1. The van der Waals surface area contributed by atoms with E-state index in [1.165, 1.54) is 18.3 Å². The summed E-state index contributed by atoms with van der Waals surface area (Å²) < 4.78 is 35.5. The lowest BCUT2D eigenvalue weighted by atomic mass is 10.2. The number of nitrogens with two attached hydrogens (primary N) is 1. The molecule has 0 saturated heterocycles. The summed E-state index contributed by atoms with van der Waals surface area (Å²) in [6.45, 7) is 0. The number of ether oxygens (including phenoxy) is 2. The molecule has 0 fully saturated rings. The molecule has 3 aromatic heterocycles. The number of primary amides is 1. The van der Waals surface area contributed by atoms with Crippen molar-refractivity contribution in [3.63, 3.8) is 0 Å². The van der Waals surface area contributed by atoms with Gasteiger partial charge in [-0.15, -0.1) is 0 Å². The average molecular weight is 503 g/mol. The molecule has 11 nitrogen and oxygen atoms in total. The zero-order chi connectivity index (χ0) is 25.3. The molecule has 1 amide bonds. The molecular formula is C24H18N6O5S. The van der Waals surface area contributed by atoms with Gasteiger partial charge < -0.3 is 20.2 Å². The Hall–Kier alpha value is -4.84. The van der Waals surface area contributed by atoms with Crippen LogP contribution in [0.25, 0.3) is 22.6 Å². The van der Waals surface area contributed by atoms with E-state index in [0.717, 1.165) is 6.26 Å². The first-order valence-electron chi connectivity index (χ1n) is 10.5. The van der Waals surface area contributed by atoms with Gasteiger partial charge in [-0.2, -0.15) is 0 Å². The summed E-state index contributed by atoms with van der Waals surface area (Å²) >= 11 is 0. The lowest BCUT2D eigenvalue weighted by Crippen LogP contribution is -2.12. The van der Waals surface area contributed by atoms with Gasteiger partial charge in [0.15, 0.2) is 32.2 Å². The van der Waals surface area contributed by atoms with Crippen molar-refractivity contribution in [1.82, 2.24) is 24.9 Å². The van der Waals surface area contributed by atoms with Crippen LogP contribution in [0.1, 0.15) is 10.4 Å². The highest BCUT2D eigenvalue weighted by molar-refractivity contribution is 7.90. The van der Waals surface area contributed by atoms with Gasteiger partial charge in [-0.05, 0) is 24.3 Å². The minimum atomic E-state index is -3.47. The van der Waals surface area contributed by atoms with Crippen molar-refractivity contribution in [3.8, 4) is 34.5 Å². The summed E-state index contributed by atoms with van der Waals surface area (Å²) in [4.78, 5) is 31.9. The Morgan fingerprint density at radius 3 is 2.44 bits per heavy atom. The second-order valence-corrected chi connectivity index (χ2v) is 9.62. The van der Waals surface area contributed by atoms with Crippen LogP contribution in [0.15, 0.2) is 78.3 Å². The number of rotatable bonds is 7. The number of nitrogens with zero attached hydrogens (tertiary/aromatic N) is 4. The molecule has 0 aliphatic heterocycles. The Bertz CT molecular complexity index is 1690. The fraction of sp³-hybridized carbons (Fsp3) is 0.0417. The summed E-state index contributed by atoms with van der Waals surface area (Å²) in [5.41, 5.74) is 7.38. The van der Waals surface area contributed by atoms with Crippen LogP contribution >= 0.6 is 0 Å². The Kier molecular flexibility index (Phi) is 5.78. The zero-order valence-electron chi connectivity index (χ0n) is 18.7. The third-order valence-electron chi connectivity index (χ3n) is 5.04. The number of para-hydroxylation sites is 1. The molecule has 2 aromatic carbocycles. The number of pyridine rings is 1. The maximum absolute atomic E-state index is 11.9. The molecule has 0 aliphatic carbocycles. The number of carbonyl (C=O) groups is 1. The van der Waals surface area contributed by atoms with Gasteiger partial charge in [-0.1, -0.05) is 12.1 Å². The van der Waals surface area contributed by atoms with Gasteiger partial charge in [-0.3, -0.25) is 9.78 Å². The summed E-state index contributed by atoms with van der Waals surface area (Å²) in [6.07, 6.45) is 7.05. The molecule has 36 heavy (non-hydrogen) atoms. The van der Waals surface area contributed by atoms with Crippen LogP contribution in [-0.4, -0.2) is 45.5 Å². The maximum Gasteiger partial charge on any atom is 0.252 e. The van der Waals surface area contributed by atoms with Crippen LogP contribution in [0.2, 0.25) is 0 Å². The number of aromatic amines is 1. The topological polar surface area (TPSA) is 163 Å². The Balaban J connectivity index is 1.59. The Morgan fingerprint density at radius 1 is 0.944 bits per heavy atom. The van der Waals surface area contributed by atoms with Crippen molar-refractivity contribution in [1.29, 1.82) is 0 Å². The molecule has 0 spiro atoms. The van der Waals surface area contributed by atoms with Crippen molar-refractivity contribution in [2.24, 2.45) is 5.73 Å². The number of aromatic nitrogens is 5. The van der Waals surface area contributed by atoms with E-state index in [1.807, 2.05) is 0 Å². The van der Waals surface area contributed by atoms with E-state index < -0.39 is 15.7 Å². The van der Waals surface area contributed by atoms with Gasteiger partial charge >= 0.3 is 0 Å². The molecular weight excluding hydrogens is 484 g/mol. The largest absolute Gasteiger partial charge is 0.453 e. The molecule has 3 N–H and O–H groups in total. The number of sulfone groups is 1. The number of benzene rings is 2. The van der Waals surface area contributed by atoms with E-state index in [1.54, 1.807) is 55.0 Å². The number of carbonyl (C=O) groups excluding carboxylic acids is 1. The number of imidazole rings is 1. The molecule has 5 rings (SSSR count). The highest BCUT2D eigenvalue weighted by atomic mass is 32.2. The molecule has 0 atom stereocenters. The standard InChI is InChI=1S/C24H18N6O5S/c1-36(32,33)22-7-6-14(12-28-22)34-20-10-16-17(30-24(29-16)18-13-26-8-9-27-18)11-21(20)35-19-5-3-2-4-15(19)23(25)31/h2-13H,1H3,(H2,25,31)(H,29,30). The van der Waals surface area contributed by atoms with Gasteiger partial charge in [0.1, 0.15) is 17.2 Å². The predicted octanol–water partition coefficient (Wildman–Crippen LogP) is 3.50. The molecule has 0 radical (unpaired) electrons. The van der Waals surface area contributed by atoms with E-state index in [9.17, 15) is 13.2 Å². The summed E-state index contributed by atoms with van der Waals surface area (Å²) in [5.74, 6) is 0.816. The van der Waals surface area contributed by atoms with Gasteiger partial charge in [0.25, 0.3) is 5.91 Å². The monoisotopic (exact) mass is 502 g/mol. The van der Waals surface area contributed by atoms with Crippen molar-refractivity contribution < 1.29 is 22.7 Å². The van der Waals surface area contributed by atoms with E-state index in [0.29, 0.717) is 22.6 Å². The van der Waals surface area contributed by atoms with Crippen LogP contribution < -0.4 is 15.2 Å². The molecule has 3 heterocycles. The number of nitrogens with one attached hydrogen (secondary N) is 1. The van der Waals surface area contributed by atoms with Crippen molar-refractivity contribution >= 4 is 26.8 Å². The normalized spacial score (nSPS) is 11.4. The average Bonchev–Trinajstić information content (AvgIpc) is 3.27. The minimum Gasteiger partial charge on any atom is -0.453 e. The van der Waals surface area contributed by atoms with E-state index in [2.05, 4.69) is 24.9 Å². The molecule has 0 saturated carbocycles. The lowest BCUT2D eigenvalue weighted by Gasteiger charge is -2.14. The van der Waals surface area contributed by atoms with Crippen LogP contribution in [0.5, 0.6) is 23.0 Å². The van der Waals surface area contributed by atoms with Crippen LogP contribution in [0.4, 0.5) is 0 Å². The van der Waals surface area contributed by atoms with Crippen LogP contribution in [-0.2, 0) is 9.84 Å². The summed E-state index contributed by atoms with van der Waals surface area (Å²) in [6, 6.07) is 12.6. The molecule has 5 aromatic rings. The Labute approximate surface area is 204 Å². The second-order valence-electron chi connectivity index (χ2n) is 7.66. The molecule has 0 bridgehead atoms. The quantitative estimate of drug-likeness (QED) is 0.339. The third kappa shape index (κ3) is 4.70. The van der Waals surface area contributed by atoms with E-state index in [-0.39, 0.29) is 33.6 Å². The molecule has 0 aliphatic rings. The van der Waals surface area contributed by atoms with Gasteiger partial charge in [-0.25, -0.2) is 23.4 Å². The highest BCUT2D eigenvalue weighted by Gasteiger charge is 2.18. The van der Waals surface area contributed by atoms with Gasteiger partial charge in [0.05, 0.1) is 29.0 Å². The van der Waals surface area contributed by atoms with Crippen molar-refractivity contribution in [2.75, 3.05) is 6.26 Å². The number of amides is 1. The minimum absolute atomic E-state index is 0.0839. The second kappa shape index (κ2) is 9.07. The smallest absolute Gasteiger partial charge is 0.252 e. The maximum atomic E-state index is 11.9. The fourth-order valence-electron chi connectivity index (χ4n) is 3.37. The molecule has 180 valence electrons. The number of hydrogen-bond donors (Lipinski definition) is 2. The van der Waals surface area contributed by atoms with Crippen molar-refractivity contribution in [2.45, 2.75) is 5.03 Å². The first-order valence-corrected chi connectivity index (χ1v) is 12.4. The van der Waals surface area contributed by atoms with Crippen molar-refractivity contribution in [3.05, 3.63) is 78.9 Å². The Morgan fingerprint density at radius 2 is 1.75 bits per heavy atom. The summed E-state index contributed by atoms with van der Waals surface area (Å²) in [5, 5.41) is -0.0839. The molecule has 0 unspecified atom stereocenters. The van der Waals surface area contributed by atoms with Gasteiger partial charge in [0.2, 0.25) is 0 Å². The zero-order valence-corrected chi connectivity index (χ0v) is 19.6. The first kappa shape index (κ1) is 22.9. The highest BCUT2D eigenvalue weighted by Crippen LogP contribution is 2.39. The predicted molar refractivity (Wildman–Crippen MR) is 130 cm³/mol. The van der Waals surface area contributed by atoms with E-state index >= 15 is 0 Å². The third-order valence-corrected chi connectivity index (χ3v) is 6.04. The number of hydrogen-bond acceptors (Lipinski definition) is 9. The summed E-state index contributed by atoms with van der Waals surface area (Å²) in [7, 11) is -3.47. The number of H-pyrrole nitrogens is 1. The first-order chi connectivity index (χ1) is 17.3. The van der Waals surface area contributed by atoms with Crippen LogP contribution in [0, 0.1) is 0 Å². The van der Waals surface area contributed by atoms with E-state index in [4.69, 9.17) is 15.2 Å².